The molecule has 0 saturated carbocycles. The van der Waals surface area contributed by atoms with Crippen LogP contribution in [0.4, 0.5) is 0 Å². The van der Waals surface area contributed by atoms with Crippen molar-refractivity contribution >= 4 is 5.91 Å². The van der Waals surface area contributed by atoms with Crippen LogP contribution in [-0.4, -0.2) is 27.6 Å². The van der Waals surface area contributed by atoms with Crippen LogP contribution in [0.2, 0.25) is 0 Å². The van der Waals surface area contributed by atoms with Gasteiger partial charge in [0.2, 0.25) is 5.91 Å². The average Bonchev–Trinajstić information content (AvgIpc) is 2.37. The Labute approximate surface area is 117 Å². The number of nitrogens with one attached hydrogen (secondary N) is 2. The van der Waals surface area contributed by atoms with Crippen molar-refractivity contribution in [3.8, 4) is 0 Å². The van der Waals surface area contributed by atoms with Crippen LogP contribution in [0.1, 0.15) is 25.8 Å². The zero-order valence-electron chi connectivity index (χ0n) is 12.4. The summed E-state index contributed by atoms with van der Waals surface area (Å²) < 4.78 is 2.44. The Kier molecular flexibility index (Phi) is 5.69. The first-order valence-corrected chi connectivity index (χ1v) is 6.58. The van der Waals surface area contributed by atoms with E-state index in [2.05, 4.69) is 10.6 Å². The van der Waals surface area contributed by atoms with Gasteiger partial charge in [0.05, 0.1) is 0 Å². The summed E-state index contributed by atoms with van der Waals surface area (Å²) in [5, 5.41) is 5.82. The number of carbonyl (C=O) groups excluding carboxylic acids is 1. The molecule has 0 aliphatic rings. The quantitative estimate of drug-likeness (QED) is 0.661. The van der Waals surface area contributed by atoms with Crippen LogP contribution in [0.25, 0.3) is 0 Å². The Balaban J connectivity index is 2.54. The molecule has 1 heterocycles. The number of amides is 1. The van der Waals surface area contributed by atoms with Crippen molar-refractivity contribution in [3.63, 3.8) is 0 Å². The SMILES string of the molecule is CC(C)NC(=O)CCNCc1cn(C)c(=O)n(C)c1=O. The molecule has 1 aromatic heterocycles. The van der Waals surface area contributed by atoms with E-state index in [1.807, 2.05) is 13.8 Å². The topological polar surface area (TPSA) is 85.1 Å². The normalized spacial score (nSPS) is 10.8. The fourth-order valence-electron chi connectivity index (χ4n) is 1.82. The van der Waals surface area contributed by atoms with E-state index in [-0.39, 0.29) is 23.2 Å². The molecule has 0 fully saturated rings. The predicted molar refractivity (Wildman–Crippen MR) is 76.5 cm³/mol. The van der Waals surface area contributed by atoms with Crippen molar-refractivity contribution in [2.24, 2.45) is 14.1 Å². The smallest absolute Gasteiger partial charge is 0.330 e. The third-order valence-electron chi connectivity index (χ3n) is 2.81. The highest BCUT2D eigenvalue weighted by atomic mass is 16.2. The van der Waals surface area contributed by atoms with E-state index in [9.17, 15) is 14.4 Å². The minimum atomic E-state index is -0.352. The summed E-state index contributed by atoms with van der Waals surface area (Å²) in [5.41, 5.74) is -0.166. The lowest BCUT2D eigenvalue weighted by molar-refractivity contribution is -0.121. The molecule has 0 aliphatic heterocycles. The minimum Gasteiger partial charge on any atom is -0.354 e. The molecule has 0 aliphatic carbocycles. The number of hydrogen-bond donors (Lipinski definition) is 2. The fourth-order valence-corrected chi connectivity index (χ4v) is 1.82. The molecule has 0 bridgehead atoms. The second-order valence-corrected chi connectivity index (χ2v) is 5.06. The summed E-state index contributed by atoms with van der Waals surface area (Å²) in [5.74, 6) is -0.0270. The van der Waals surface area contributed by atoms with E-state index in [1.165, 1.54) is 17.8 Å². The maximum Gasteiger partial charge on any atom is 0.330 e. The molecule has 7 nitrogen and oxygen atoms in total. The van der Waals surface area contributed by atoms with Gasteiger partial charge in [-0.15, -0.1) is 0 Å². The first-order chi connectivity index (χ1) is 9.32. The Morgan fingerprint density at radius 1 is 1.30 bits per heavy atom. The van der Waals surface area contributed by atoms with Crippen LogP contribution in [0.5, 0.6) is 0 Å². The van der Waals surface area contributed by atoms with Crippen molar-refractivity contribution < 1.29 is 4.79 Å². The van der Waals surface area contributed by atoms with Crippen molar-refractivity contribution in [3.05, 3.63) is 32.6 Å². The monoisotopic (exact) mass is 282 g/mol. The molecule has 0 atom stereocenters. The third-order valence-corrected chi connectivity index (χ3v) is 2.81. The van der Waals surface area contributed by atoms with Gasteiger partial charge in [-0.3, -0.25) is 14.2 Å². The zero-order chi connectivity index (χ0) is 15.3. The minimum absolute atomic E-state index is 0.0270. The second kappa shape index (κ2) is 7.04. The van der Waals surface area contributed by atoms with E-state index in [1.54, 1.807) is 7.05 Å². The summed E-state index contributed by atoms with van der Waals surface area (Å²) in [7, 11) is 3.05. The summed E-state index contributed by atoms with van der Waals surface area (Å²) in [6.07, 6.45) is 1.87. The van der Waals surface area contributed by atoms with E-state index >= 15 is 0 Å². The molecule has 20 heavy (non-hydrogen) atoms. The van der Waals surface area contributed by atoms with E-state index in [0.717, 1.165) is 4.57 Å². The van der Waals surface area contributed by atoms with Crippen LogP contribution >= 0.6 is 0 Å². The Morgan fingerprint density at radius 2 is 1.95 bits per heavy atom. The van der Waals surface area contributed by atoms with Crippen LogP contribution in [-0.2, 0) is 25.4 Å². The lowest BCUT2D eigenvalue weighted by Crippen LogP contribution is -2.39. The number of aryl methyl sites for hydroxylation is 1. The van der Waals surface area contributed by atoms with Gasteiger partial charge in [-0.2, -0.15) is 0 Å². The average molecular weight is 282 g/mol. The van der Waals surface area contributed by atoms with Crippen LogP contribution < -0.4 is 21.9 Å². The highest BCUT2D eigenvalue weighted by molar-refractivity contribution is 5.76. The number of carbonyl (C=O) groups is 1. The Bertz CT molecular complexity index is 586. The van der Waals surface area contributed by atoms with Gasteiger partial charge in [-0.25, -0.2) is 4.79 Å². The second-order valence-electron chi connectivity index (χ2n) is 5.06. The molecule has 0 radical (unpaired) electrons. The van der Waals surface area contributed by atoms with Crippen molar-refractivity contribution in [2.75, 3.05) is 6.54 Å². The first-order valence-electron chi connectivity index (χ1n) is 6.58. The highest BCUT2D eigenvalue weighted by Crippen LogP contribution is 1.88. The summed E-state index contributed by atoms with van der Waals surface area (Å²) in [6.45, 7) is 4.61. The van der Waals surface area contributed by atoms with Crippen LogP contribution in [0, 0.1) is 0 Å². The Morgan fingerprint density at radius 3 is 2.55 bits per heavy atom. The van der Waals surface area contributed by atoms with Gasteiger partial charge in [0.25, 0.3) is 5.56 Å². The maximum absolute atomic E-state index is 11.8. The molecule has 0 saturated heterocycles. The van der Waals surface area contributed by atoms with Gasteiger partial charge in [0, 0.05) is 51.4 Å². The molecule has 1 aromatic rings. The zero-order valence-corrected chi connectivity index (χ0v) is 12.4. The molecule has 1 rings (SSSR count). The van der Waals surface area contributed by atoms with E-state index < -0.39 is 0 Å². The molecule has 0 spiro atoms. The molecule has 7 heteroatoms. The molecular formula is C13H22N4O3. The maximum atomic E-state index is 11.8. The van der Waals surface area contributed by atoms with Crippen LogP contribution in [0.15, 0.2) is 15.8 Å². The highest BCUT2D eigenvalue weighted by Gasteiger charge is 2.07. The van der Waals surface area contributed by atoms with Gasteiger partial charge in [0.1, 0.15) is 0 Å². The molecule has 0 unspecified atom stereocenters. The van der Waals surface area contributed by atoms with Gasteiger partial charge in [-0.05, 0) is 13.8 Å². The van der Waals surface area contributed by atoms with Crippen molar-refractivity contribution in [2.45, 2.75) is 32.9 Å². The number of aromatic nitrogens is 2. The summed E-state index contributed by atoms with van der Waals surface area (Å²) >= 11 is 0. The first kappa shape index (κ1) is 16.2. The van der Waals surface area contributed by atoms with Gasteiger partial charge < -0.3 is 15.2 Å². The molecule has 112 valence electrons. The number of hydrogen-bond acceptors (Lipinski definition) is 4. The fraction of sp³-hybridized carbons (Fsp3) is 0.615. The summed E-state index contributed by atoms with van der Waals surface area (Å²) in [6, 6.07) is 0.124. The van der Waals surface area contributed by atoms with Gasteiger partial charge in [0.15, 0.2) is 0 Å². The largest absolute Gasteiger partial charge is 0.354 e. The van der Waals surface area contributed by atoms with E-state index in [0.29, 0.717) is 25.1 Å². The van der Waals surface area contributed by atoms with Gasteiger partial charge in [-0.1, -0.05) is 0 Å². The van der Waals surface area contributed by atoms with Crippen molar-refractivity contribution in [1.29, 1.82) is 0 Å². The number of nitrogens with zero attached hydrogens (tertiary/aromatic N) is 2. The lowest BCUT2D eigenvalue weighted by Gasteiger charge is -2.09. The standard InChI is InChI=1S/C13H22N4O3/c1-9(2)15-11(18)5-6-14-7-10-8-16(3)13(20)17(4)12(10)19/h8-9,14H,5-7H2,1-4H3,(H,15,18). The predicted octanol–water partition coefficient (Wildman–Crippen LogP) is -0.912. The van der Waals surface area contributed by atoms with Gasteiger partial charge >= 0.3 is 5.69 Å². The molecule has 1 amide bonds. The third kappa shape index (κ3) is 4.34. The summed E-state index contributed by atoms with van der Waals surface area (Å²) in [4.78, 5) is 34.8. The molecule has 2 N–H and O–H groups in total. The van der Waals surface area contributed by atoms with E-state index in [4.69, 9.17) is 0 Å². The lowest BCUT2D eigenvalue weighted by atomic mass is 10.3. The Hall–Kier alpha value is -1.89. The number of rotatable bonds is 6. The van der Waals surface area contributed by atoms with Crippen LogP contribution in [0.3, 0.4) is 0 Å². The molecular weight excluding hydrogens is 260 g/mol. The molecule has 0 aromatic carbocycles. The van der Waals surface area contributed by atoms with Crippen molar-refractivity contribution in [1.82, 2.24) is 19.8 Å².